The molecule has 0 radical (unpaired) electrons. The number of methoxy groups -OCH3 is 1. The summed E-state index contributed by atoms with van der Waals surface area (Å²) in [6.45, 7) is 2.03. The zero-order valence-corrected chi connectivity index (χ0v) is 18.4. The van der Waals surface area contributed by atoms with E-state index in [-0.39, 0.29) is 5.56 Å². The van der Waals surface area contributed by atoms with Gasteiger partial charge < -0.3 is 9.84 Å². The van der Waals surface area contributed by atoms with Crippen LogP contribution >= 0.6 is 27.3 Å². The van der Waals surface area contributed by atoms with Gasteiger partial charge in [0.2, 0.25) is 0 Å². The molecule has 3 heterocycles. The van der Waals surface area contributed by atoms with Gasteiger partial charge in [-0.25, -0.2) is 9.31 Å². The van der Waals surface area contributed by atoms with E-state index in [1.165, 1.54) is 33.4 Å². The molecule has 0 atom stereocenters. The van der Waals surface area contributed by atoms with Gasteiger partial charge in [0.25, 0.3) is 0 Å². The highest BCUT2D eigenvalue weighted by Gasteiger charge is 2.28. The number of aromatic nitrogens is 2. The molecule has 1 fully saturated rings. The number of ether oxygens (including phenoxy) is 1. The molecule has 1 aliphatic carbocycles. The lowest BCUT2D eigenvalue weighted by atomic mass is 10.0. The fourth-order valence-corrected chi connectivity index (χ4v) is 5.98. The minimum absolute atomic E-state index is 0.153. The largest absolute Gasteiger partial charge is 0.494 e. The third-order valence-corrected chi connectivity index (χ3v) is 7.43. The fraction of sp³-hybridized carbons (Fsp3) is 0.273. The lowest BCUT2D eigenvalue weighted by molar-refractivity contribution is 0.0695. The molecule has 5 nitrogen and oxygen atoms in total. The van der Waals surface area contributed by atoms with E-state index in [1.807, 2.05) is 6.92 Å². The number of carboxylic acids is 1. The van der Waals surface area contributed by atoms with Gasteiger partial charge in [0.05, 0.1) is 17.6 Å². The maximum atomic E-state index is 11.5. The molecule has 0 saturated heterocycles. The van der Waals surface area contributed by atoms with Crippen LogP contribution in [-0.2, 0) is 6.42 Å². The van der Waals surface area contributed by atoms with Gasteiger partial charge in [-0.05, 0) is 55.9 Å². The van der Waals surface area contributed by atoms with Gasteiger partial charge in [-0.15, -0.1) is 11.3 Å². The Labute approximate surface area is 180 Å². The van der Waals surface area contributed by atoms with Crippen LogP contribution in [0.25, 0.3) is 26.2 Å². The highest BCUT2D eigenvalue weighted by Crippen LogP contribution is 2.46. The molecular weight excluding hydrogens is 452 g/mol. The normalized spacial score (nSPS) is 14.0. The number of benzene rings is 1. The number of thiophene rings is 1. The first-order valence-corrected chi connectivity index (χ1v) is 11.1. The number of rotatable bonds is 5. The first-order chi connectivity index (χ1) is 14.0. The average Bonchev–Trinajstić information content (AvgIpc) is 3.35. The van der Waals surface area contributed by atoms with Crippen LogP contribution in [0.5, 0.6) is 5.75 Å². The van der Waals surface area contributed by atoms with Crippen LogP contribution in [-0.4, -0.2) is 27.8 Å². The molecule has 7 heteroatoms. The highest BCUT2D eigenvalue weighted by molar-refractivity contribution is 9.10. The van der Waals surface area contributed by atoms with Crippen molar-refractivity contribution in [1.82, 2.24) is 9.61 Å². The van der Waals surface area contributed by atoms with Gasteiger partial charge in [0.15, 0.2) is 0 Å². The Morgan fingerprint density at radius 1 is 1.41 bits per heavy atom. The van der Waals surface area contributed by atoms with E-state index in [2.05, 4.69) is 34.1 Å². The molecule has 1 aliphatic rings. The summed E-state index contributed by atoms with van der Waals surface area (Å²) in [4.78, 5) is 12.7. The summed E-state index contributed by atoms with van der Waals surface area (Å²) in [6, 6.07) is 7.86. The van der Waals surface area contributed by atoms with E-state index in [4.69, 9.17) is 9.84 Å². The molecular formula is C22H19BrN2O3S. The summed E-state index contributed by atoms with van der Waals surface area (Å²) in [6.07, 6.45) is 5.16. The minimum atomic E-state index is -1.000. The van der Waals surface area contributed by atoms with Gasteiger partial charge in [-0.3, -0.25) is 0 Å². The van der Waals surface area contributed by atoms with E-state index in [1.54, 1.807) is 35.2 Å². The van der Waals surface area contributed by atoms with Gasteiger partial charge >= 0.3 is 5.97 Å². The number of hydrogen-bond acceptors (Lipinski definition) is 4. The first-order valence-electron chi connectivity index (χ1n) is 9.48. The standard InChI is InChI=1S/C22H19BrN2O3S/c1-11-19(24-25-10-13(22(26)27)9-16(28-2)20(11)25)21-14(8-12-6-7-12)18-15(23)4-3-5-17(18)29-21/h3-5,9-10,12H,6-8H2,1-2H3,(H,26,27). The van der Waals surface area contributed by atoms with Crippen molar-refractivity contribution < 1.29 is 14.6 Å². The molecule has 29 heavy (non-hydrogen) atoms. The molecule has 0 aliphatic heterocycles. The first kappa shape index (κ1) is 18.6. The second-order valence-electron chi connectivity index (χ2n) is 7.54. The van der Waals surface area contributed by atoms with Crippen molar-refractivity contribution in [2.24, 2.45) is 5.92 Å². The number of carboxylic acid groups (broad SMARTS) is 1. The molecule has 3 aromatic heterocycles. The van der Waals surface area contributed by atoms with E-state index in [0.717, 1.165) is 33.6 Å². The Kier molecular flexibility index (Phi) is 4.40. The predicted octanol–water partition coefficient (Wildman–Crippen LogP) is 5.95. The Bertz CT molecular complexity index is 1290. The van der Waals surface area contributed by atoms with Crippen molar-refractivity contribution in [3.8, 4) is 16.3 Å². The molecule has 1 saturated carbocycles. The zero-order chi connectivity index (χ0) is 20.3. The van der Waals surface area contributed by atoms with Gasteiger partial charge in [0, 0.05) is 26.3 Å². The molecule has 0 amide bonds. The molecule has 1 aromatic carbocycles. The van der Waals surface area contributed by atoms with Crippen LogP contribution in [0, 0.1) is 12.8 Å². The Balaban J connectivity index is 1.79. The van der Waals surface area contributed by atoms with Gasteiger partial charge in [-0.2, -0.15) is 5.10 Å². The summed E-state index contributed by atoms with van der Waals surface area (Å²) in [5.74, 6) is 0.261. The summed E-state index contributed by atoms with van der Waals surface area (Å²) in [5, 5.41) is 15.5. The van der Waals surface area contributed by atoms with Gasteiger partial charge in [0.1, 0.15) is 17.0 Å². The van der Waals surface area contributed by atoms with E-state index in [0.29, 0.717) is 5.75 Å². The number of halogens is 1. The second kappa shape index (κ2) is 6.85. The van der Waals surface area contributed by atoms with Crippen LogP contribution in [0.3, 0.4) is 0 Å². The lowest BCUT2D eigenvalue weighted by Gasteiger charge is -2.05. The number of nitrogens with zero attached hydrogens (tertiary/aromatic N) is 2. The van der Waals surface area contributed by atoms with Crippen LogP contribution in [0.4, 0.5) is 0 Å². The van der Waals surface area contributed by atoms with Crippen molar-refractivity contribution in [2.75, 3.05) is 7.11 Å². The van der Waals surface area contributed by atoms with Crippen molar-refractivity contribution in [1.29, 1.82) is 0 Å². The average molecular weight is 471 g/mol. The SMILES string of the molecule is COc1cc(C(=O)O)cn2nc(-c3sc4cccc(Br)c4c3CC3CC3)c(C)c12. The number of carbonyl (C=O) groups is 1. The summed E-state index contributed by atoms with van der Waals surface area (Å²) in [7, 11) is 1.56. The number of hydrogen-bond donors (Lipinski definition) is 1. The second-order valence-corrected chi connectivity index (χ2v) is 9.45. The van der Waals surface area contributed by atoms with Crippen LogP contribution in [0.2, 0.25) is 0 Å². The minimum Gasteiger partial charge on any atom is -0.494 e. The Hall–Kier alpha value is -2.38. The molecule has 148 valence electrons. The van der Waals surface area contributed by atoms with E-state index < -0.39 is 5.97 Å². The van der Waals surface area contributed by atoms with Crippen molar-refractivity contribution in [3.63, 3.8) is 0 Å². The quantitative estimate of drug-likeness (QED) is 0.391. The maximum Gasteiger partial charge on any atom is 0.337 e. The highest BCUT2D eigenvalue weighted by atomic mass is 79.9. The smallest absolute Gasteiger partial charge is 0.337 e. The Morgan fingerprint density at radius 3 is 2.90 bits per heavy atom. The van der Waals surface area contributed by atoms with Gasteiger partial charge in [-0.1, -0.05) is 22.0 Å². The van der Waals surface area contributed by atoms with Crippen molar-refractivity contribution in [3.05, 3.63) is 51.6 Å². The van der Waals surface area contributed by atoms with Crippen LogP contribution in [0.1, 0.15) is 34.3 Å². The predicted molar refractivity (Wildman–Crippen MR) is 118 cm³/mol. The molecule has 0 unspecified atom stereocenters. The number of aryl methyl sites for hydroxylation is 1. The summed E-state index contributed by atoms with van der Waals surface area (Å²) >= 11 is 5.49. The number of fused-ring (bicyclic) bond motifs is 2. The van der Waals surface area contributed by atoms with Crippen molar-refractivity contribution in [2.45, 2.75) is 26.2 Å². The molecule has 4 aromatic rings. The van der Waals surface area contributed by atoms with Crippen LogP contribution < -0.4 is 4.74 Å². The molecule has 1 N–H and O–H groups in total. The topological polar surface area (TPSA) is 63.8 Å². The molecule has 5 rings (SSSR count). The molecule has 0 spiro atoms. The fourth-order valence-electron chi connectivity index (χ4n) is 3.94. The molecule has 0 bridgehead atoms. The monoisotopic (exact) mass is 470 g/mol. The lowest BCUT2D eigenvalue weighted by Crippen LogP contribution is -2.01. The van der Waals surface area contributed by atoms with E-state index >= 15 is 0 Å². The zero-order valence-electron chi connectivity index (χ0n) is 16.0. The summed E-state index contributed by atoms with van der Waals surface area (Å²) in [5.41, 5.74) is 4.19. The van der Waals surface area contributed by atoms with Crippen molar-refractivity contribution >= 4 is 48.8 Å². The van der Waals surface area contributed by atoms with Crippen LogP contribution in [0.15, 0.2) is 34.9 Å². The number of aromatic carboxylic acids is 1. The summed E-state index contributed by atoms with van der Waals surface area (Å²) < 4.78 is 9.50. The third kappa shape index (κ3) is 3.04. The third-order valence-electron chi connectivity index (χ3n) is 5.56. The Morgan fingerprint density at radius 2 is 2.21 bits per heavy atom. The number of pyridine rings is 1. The maximum absolute atomic E-state index is 11.5. The van der Waals surface area contributed by atoms with E-state index in [9.17, 15) is 9.90 Å².